The van der Waals surface area contributed by atoms with Crippen molar-refractivity contribution >= 4 is 17.6 Å². The molecular weight excluding hydrogens is 379 g/mol. The number of para-hydroxylation sites is 2. The number of rotatable bonds is 8. The minimum atomic E-state index is -3.06. The Kier molecular flexibility index (Phi) is 7.25. The fourth-order valence-electron chi connectivity index (χ4n) is 2.28. The van der Waals surface area contributed by atoms with Gasteiger partial charge in [-0.05, 0) is 36.8 Å². The molecule has 2 aromatic rings. The van der Waals surface area contributed by atoms with E-state index in [1.165, 1.54) is 50.4 Å². The molecular formula is C19H18F3NO5. The molecule has 0 aliphatic carbocycles. The van der Waals surface area contributed by atoms with Crippen molar-refractivity contribution in [2.75, 3.05) is 12.4 Å². The number of hydrogen-bond acceptors (Lipinski definition) is 5. The number of anilines is 1. The van der Waals surface area contributed by atoms with Crippen LogP contribution < -0.4 is 14.8 Å². The third kappa shape index (κ3) is 5.90. The summed E-state index contributed by atoms with van der Waals surface area (Å²) in [5, 5.41) is 2.36. The molecule has 0 bridgehead atoms. The number of halogens is 3. The van der Waals surface area contributed by atoms with Crippen LogP contribution in [-0.4, -0.2) is 31.7 Å². The summed E-state index contributed by atoms with van der Waals surface area (Å²) >= 11 is 0. The van der Waals surface area contributed by atoms with Gasteiger partial charge >= 0.3 is 12.6 Å². The average Bonchev–Trinajstić information content (AvgIpc) is 2.63. The number of esters is 1. The highest BCUT2D eigenvalue weighted by Crippen LogP contribution is 2.25. The lowest BCUT2D eigenvalue weighted by atomic mass is 10.1. The molecule has 150 valence electrons. The van der Waals surface area contributed by atoms with E-state index in [9.17, 15) is 22.8 Å². The largest absolute Gasteiger partial charge is 0.494 e. The number of amides is 1. The van der Waals surface area contributed by atoms with Crippen LogP contribution in [0.4, 0.5) is 18.9 Å². The standard InChI is InChI=1S/C19H18F3NO5/c1-11(18(25)23-14-5-3-4-6-16(14)28-19(21)22)27-17(24)10-12-7-8-15(26-2)13(20)9-12/h3-9,11,19H,10H2,1-2H3,(H,23,25)/t11-/m0/s1. The van der Waals surface area contributed by atoms with Crippen LogP contribution in [-0.2, 0) is 20.7 Å². The molecule has 0 saturated heterocycles. The molecule has 0 aromatic heterocycles. The van der Waals surface area contributed by atoms with Gasteiger partial charge in [-0.3, -0.25) is 9.59 Å². The summed E-state index contributed by atoms with van der Waals surface area (Å²) in [6.45, 7) is -1.74. The van der Waals surface area contributed by atoms with Crippen LogP contribution >= 0.6 is 0 Å². The van der Waals surface area contributed by atoms with Crippen LogP contribution in [0.15, 0.2) is 42.5 Å². The number of nitrogens with one attached hydrogen (secondary N) is 1. The average molecular weight is 397 g/mol. The minimum absolute atomic E-state index is 0.00734. The highest BCUT2D eigenvalue weighted by molar-refractivity contribution is 5.96. The van der Waals surface area contributed by atoms with Crippen molar-refractivity contribution in [2.45, 2.75) is 26.1 Å². The number of hydrogen-bond donors (Lipinski definition) is 1. The van der Waals surface area contributed by atoms with E-state index in [2.05, 4.69) is 10.1 Å². The first kappa shape index (κ1) is 21.1. The maximum atomic E-state index is 13.7. The smallest absolute Gasteiger partial charge is 0.387 e. The SMILES string of the molecule is COc1ccc(CC(=O)O[C@@H](C)C(=O)Nc2ccccc2OC(F)F)cc1F. The fourth-order valence-corrected chi connectivity index (χ4v) is 2.28. The van der Waals surface area contributed by atoms with E-state index in [0.29, 0.717) is 5.56 Å². The monoisotopic (exact) mass is 397 g/mol. The molecule has 0 aliphatic rings. The predicted molar refractivity (Wildman–Crippen MR) is 93.9 cm³/mol. The molecule has 0 saturated carbocycles. The predicted octanol–water partition coefficient (Wildman–Crippen LogP) is 3.55. The maximum absolute atomic E-state index is 13.7. The summed E-state index contributed by atoms with van der Waals surface area (Å²) in [6, 6.07) is 9.59. The van der Waals surface area contributed by atoms with Gasteiger partial charge in [0.1, 0.15) is 5.75 Å². The van der Waals surface area contributed by atoms with Gasteiger partial charge in [0.05, 0.1) is 19.2 Å². The second-order valence-corrected chi connectivity index (χ2v) is 5.64. The Labute approximate surface area is 159 Å². The van der Waals surface area contributed by atoms with Crippen LogP contribution in [0.25, 0.3) is 0 Å². The number of carbonyl (C=O) groups is 2. The number of alkyl halides is 2. The highest BCUT2D eigenvalue weighted by Gasteiger charge is 2.20. The maximum Gasteiger partial charge on any atom is 0.387 e. The Balaban J connectivity index is 1.95. The van der Waals surface area contributed by atoms with Gasteiger partial charge in [-0.15, -0.1) is 0 Å². The van der Waals surface area contributed by atoms with E-state index in [0.717, 1.165) is 6.07 Å². The molecule has 6 nitrogen and oxygen atoms in total. The second kappa shape index (κ2) is 9.63. The molecule has 0 fully saturated rings. The molecule has 1 N–H and O–H groups in total. The molecule has 0 unspecified atom stereocenters. The molecule has 9 heteroatoms. The van der Waals surface area contributed by atoms with E-state index < -0.39 is 30.4 Å². The minimum Gasteiger partial charge on any atom is -0.494 e. The van der Waals surface area contributed by atoms with Gasteiger partial charge in [0.15, 0.2) is 17.7 Å². The van der Waals surface area contributed by atoms with Gasteiger partial charge in [0.25, 0.3) is 5.91 Å². The number of ether oxygens (including phenoxy) is 3. The van der Waals surface area contributed by atoms with Gasteiger partial charge < -0.3 is 19.5 Å². The molecule has 2 rings (SSSR count). The summed E-state index contributed by atoms with van der Waals surface area (Å²) in [7, 11) is 1.32. The quantitative estimate of drug-likeness (QED) is 0.690. The number of benzene rings is 2. The van der Waals surface area contributed by atoms with E-state index in [-0.39, 0.29) is 23.6 Å². The lowest BCUT2D eigenvalue weighted by molar-refractivity contribution is -0.152. The number of methoxy groups -OCH3 is 1. The van der Waals surface area contributed by atoms with Crippen LogP contribution in [0.2, 0.25) is 0 Å². The van der Waals surface area contributed by atoms with Crippen molar-refractivity contribution in [3.05, 3.63) is 53.8 Å². The zero-order valence-corrected chi connectivity index (χ0v) is 15.1. The summed E-state index contributed by atoms with van der Waals surface area (Å²) in [4.78, 5) is 24.1. The molecule has 0 heterocycles. The van der Waals surface area contributed by atoms with Crippen LogP contribution in [0.1, 0.15) is 12.5 Å². The lowest BCUT2D eigenvalue weighted by Crippen LogP contribution is -2.30. The topological polar surface area (TPSA) is 73.9 Å². The third-order valence-electron chi connectivity index (χ3n) is 3.60. The highest BCUT2D eigenvalue weighted by atomic mass is 19.3. The molecule has 2 aromatic carbocycles. The first-order valence-electron chi connectivity index (χ1n) is 8.16. The zero-order chi connectivity index (χ0) is 20.7. The molecule has 1 atom stereocenters. The summed E-state index contributed by atoms with van der Waals surface area (Å²) in [5.74, 6) is -2.31. The van der Waals surface area contributed by atoms with E-state index >= 15 is 0 Å². The number of carbonyl (C=O) groups excluding carboxylic acids is 2. The van der Waals surface area contributed by atoms with Crippen molar-refractivity contribution in [3.63, 3.8) is 0 Å². The van der Waals surface area contributed by atoms with Gasteiger partial charge in [-0.1, -0.05) is 18.2 Å². The lowest BCUT2D eigenvalue weighted by Gasteiger charge is -2.16. The molecule has 0 spiro atoms. The molecule has 0 radical (unpaired) electrons. The molecule has 28 heavy (non-hydrogen) atoms. The Hall–Kier alpha value is -3.23. The third-order valence-corrected chi connectivity index (χ3v) is 3.60. The fraction of sp³-hybridized carbons (Fsp3) is 0.263. The van der Waals surface area contributed by atoms with E-state index in [1.807, 2.05) is 0 Å². The van der Waals surface area contributed by atoms with Crippen LogP contribution in [0, 0.1) is 5.82 Å². The molecule has 0 aliphatic heterocycles. The van der Waals surface area contributed by atoms with Gasteiger partial charge in [0, 0.05) is 0 Å². The summed E-state index contributed by atoms with van der Waals surface area (Å²) in [6.07, 6.45) is -1.47. The molecule has 1 amide bonds. The Bertz CT molecular complexity index is 844. The van der Waals surface area contributed by atoms with Gasteiger partial charge in [0.2, 0.25) is 0 Å². The van der Waals surface area contributed by atoms with Crippen molar-refractivity contribution in [2.24, 2.45) is 0 Å². The van der Waals surface area contributed by atoms with Gasteiger partial charge in [-0.2, -0.15) is 8.78 Å². The second-order valence-electron chi connectivity index (χ2n) is 5.64. The Morgan fingerprint density at radius 1 is 1.11 bits per heavy atom. The van der Waals surface area contributed by atoms with Crippen LogP contribution in [0.3, 0.4) is 0 Å². The van der Waals surface area contributed by atoms with Crippen LogP contribution in [0.5, 0.6) is 11.5 Å². The van der Waals surface area contributed by atoms with Crippen molar-refractivity contribution < 1.29 is 37.0 Å². The van der Waals surface area contributed by atoms with E-state index in [1.54, 1.807) is 0 Å². The zero-order valence-electron chi connectivity index (χ0n) is 15.1. The van der Waals surface area contributed by atoms with Crippen molar-refractivity contribution in [1.29, 1.82) is 0 Å². The Morgan fingerprint density at radius 3 is 2.46 bits per heavy atom. The Morgan fingerprint density at radius 2 is 1.82 bits per heavy atom. The first-order valence-corrected chi connectivity index (χ1v) is 8.16. The normalized spacial score (nSPS) is 11.6. The van der Waals surface area contributed by atoms with Crippen molar-refractivity contribution in [1.82, 2.24) is 0 Å². The summed E-state index contributed by atoms with van der Waals surface area (Å²) in [5.41, 5.74) is 0.347. The van der Waals surface area contributed by atoms with Gasteiger partial charge in [-0.25, -0.2) is 4.39 Å². The van der Waals surface area contributed by atoms with Crippen molar-refractivity contribution in [3.8, 4) is 11.5 Å². The first-order chi connectivity index (χ1) is 13.3. The van der Waals surface area contributed by atoms with E-state index in [4.69, 9.17) is 9.47 Å². The summed E-state index contributed by atoms with van der Waals surface area (Å²) < 4.78 is 52.6.